The summed E-state index contributed by atoms with van der Waals surface area (Å²) in [5.41, 5.74) is 8.22. The Morgan fingerprint density at radius 2 is 1.81 bits per heavy atom. The highest BCUT2D eigenvalue weighted by Gasteiger charge is 2.38. The molecule has 1 aliphatic heterocycles. The van der Waals surface area contributed by atoms with Crippen molar-refractivity contribution in [3.05, 3.63) is 54.5 Å². The highest BCUT2D eigenvalue weighted by atomic mass is 16.5. The lowest BCUT2D eigenvalue weighted by Crippen LogP contribution is -2.45. The summed E-state index contributed by atoms with van der Waals surface area (Å²) < 4.78 is 12.7. The van der Waals surface area contributed by atoms with E-state index in [-0.39, 0.29) is 11.9 Å². The maximum atomic E-state index is 10.5. The molecule has 0 saturated carbocycles. The Hall–Kier alpha value is -3.74. The summed E-state index contributed by atoms with van der Waals surface area (Å²) in [5, 5.41) is 19.3. The number of nitrogen functional groups attached to an aromatic ring is 1. The average Bonchev–Trinajstić information content (AvgIpc) is 3.59. The number of nitrogens with two attached hydrogens (primary N) is 1. The number of nitrogens with zero attached hydrogens (tertiary/aromatic N) is 8. The zero-order chi connectivity index (χ0) is 26.0. The fourth-order valence-corrected chi connectivity index (χ4v) is 4.35. The van der Waals surface area contributed by atoms with Crippen LogP contribution >= 0.6 is 0 Å². The van der Waals surface area contributed by atoms with Crippen LogP contribution in [0.1, 0.15) is 32.2 Å². The molecule has 0 aromatic carbocycles. The summed E-state index contributed by atoms with van der Waals surface area (Å²) in [6.45, 7) is 9.27. The van der Waals surface area contributed by atoms with Crippen molar-refractivity contribution in [3.8, 4) is 22.7 Å². The van der Waals surface area contributed by atoms with Gasteiger partial charge in [0.2, 0.25) is 5.95 Å². The summed E-state index contributed by atoms with van der Waals surface area (Å²) >= 11 is 0. The van der Waals surface area contributed by atoms with E-state index in [0.717, 1.165) is 16.8 Å². The van der Waals surface area contributed by atoms with Gasteiger partial charge in [0, 0.05) is 43.4 Å². The standard InChI is InChI=1S/C25H31N9O3/c1-16(2)25(3,19-4-5-20(27-13-19)17-10-28-24(26)29-11-17)23-31-22(37-32-23)18-12-30-34(14-18)15-21(35)33-6-8-36-9-7-33/h4-5,10-14,16,21,35H,6-9,15H2,1-3H3,(H2,26,28,29). The molecule has 1 saturated heterocycles. The number of ether oxygens (including phenoxy) is 1. The van der Waals surface area contributed by atoms with Gasteiger partial charge in [-0.25, -0.2) is 9.97 Å². The van der Waals surface area contributed by atoms with Crippen molar-refractivity contribution in [2.24, 2.45) is 5.92 Å². The largest absolute Gasteiger partial charge is 0.379 e. The molecule has 5 heterocycles. The van der Waals surface area contributed by atoms with Crippen molar-refractivity contribution >= 4 is 5.95 Å². The second kappa shape index (κ2) is 10.3. The molecule has 0 bridgehead atoms. The maximum Gasteiger partial charge on any atom is 0.261 e. The first-order chi connectivity index (χ1) is 17.8. The van der Waals surface area contributed by atoms with Gasteiger partial charge in [-0.05, 0) is 24.5 Å². The lowest BCUT2D eigenvalue weighted by atomic mass is 9.73. The van der Waals surface area contributed by atoms with Crippen LogP contribution in [-0.2, 0) is 16.7 Å². The number of hydrogen-bond acceptors (Lipinski definition) is 11. The smallest absolute Gasteiger partial charge is 0.261 e. The predicted molar refractivity (Wildman–Crippen MR) is 135 cm³/mol. The van der Waals surface area contributed by atoms with E-state index in [1.54, 1.807) is 29.5 Å². The molecule has 4 aromatic rings. The molecule has 2 atom stereocenters. The highest BCUT2D eigenvalue weighted by molar-refractivity contribution is 5.58. The molecular weight excluding hydrogens is 474 g/mol. The summed E-state index contributed by atoms with van der Waals surface area (Å²) in [6.07, 6.45) is 7.95. The van der Waals surface area contributed by atoms with Crippen LogP contribution < -0.4 is 5.73 Å². The molecule has 0 amide bonds. The molecule has 4 aromatic heterocycles. The Balaban J connectivity index is 1.35. The van der Waals surface area contributed by atoms with Gasteiger partial charge >= 0.3 is 0 Å². The quantitative estimate of drug-likeness (QED) is 0.361. The third-order valence-electron chi connectivity index (χ3n) is 7.07. The number of morpholine rings is 1. The van der Waals surface area contributed by atoms with E-state index in [1.807, 2.05) is 23.2 Å². The van der Waals surface area contributed by atoms with Crippen LogP contribution in [0, 0.1) is 5.92 Å². The summed E-state index contributed by atoms with van der Waals surface area (Å²) in [7, 11) is 0. The highest BCUT2D eigenvalue weighted by Crippen LogP contribution is 2.38. The van der Waals surface area contributed by atoms with Gasteiger partial charge in [-0.3, -0.25) is 14.6 Å². The molecule has 5 rings (SSSR count). The van der Waals surface area contributed by atoms with Crippen molar-refractivity contribution in [3.63, 3.8) is 0 Å². The van der Waals surface area contributed by atoms with Crippen LogP contribution in [0.2, 0.25) is 0 Å². The Morgan fingerprint density at radius 3 is 2.49 bits per heavy atom. The van der Waals surface area contributed by atoms with E-state index in [9.17, 15) is 5.11 Å². The fraction of sp³-hybridized carbons (Fsp3) is 0.440. The van der Waals surface area contributed by atoms with Gasteiger partial charge in [-0.2, -0.15) is 10.1 Å². The molecule has 12 nitrogen and oxygen atoms in total. The van der Waals surface area contributed by atoms with E-state index >= 15 is 0 Å². The summed E-state index contributed by atoms with van der Waals surface area (Å²) in [6, 6.07) is 3.94. The number of rotatable bonds is 8. The average molecular weight is 506 g/mol. The Kier molecular flexibility index (Phi) is 6.96. The van der Waals surface area contributed by atoms with Gasteiger partial charge in [0.1, 0.15) is 6.23 Å². The SMILES string of the molecule is CC(C)C(C)(c1ccc(-c2cnc(N)nc2)nc1)c1noc(-c2cnn(CC(O)N3CCOCC3)c2)n1. The Bertz CT molecular complexity index is 1310. The van der Waals surface area contributed by atoms with Gasteiger partial charge in [-0.15, -0.1) is 0 Å². The molecule has 194 valence electrons. The maximum absolute atomic E-state index is 10.5. The van der Waals surface area contributed by atoms with Crippen LogP contribution in [0.15, 0.2) is 47.6 Å². The zero-order valence-electron chi connectivity index (χ0n) is 21.2. The zero-order valence-corrected chi connectivity index (χ0v) is 21.2. The van der Waals surface area contributed by atoms with E-state index in [2.05, 4.69) is 46.0 Å². The number of anilines is 1. The molecule has 2 unspecified atom stereocenters. The molecular formula is C25H31N9O3. The van der Waals surface area contributed by atoms with Gasteiger partial charge in [0.25, 0.3) is 5.89 Å². The van der Waals surface area contributed by atoms with Crippen LogP contribution in [0.4, 0.5) is 5.95 Å². The van der Waals surface area contributed by atoms with Gasteiger partial charge < -0.3 is 20.1 Å². The topological polar surface area (TPSA) is 154 Å². The molecule has 0 radical (unpaired) electrons. The molecule has 3 N–H and O–H groups in total. The Labute approximate surface area is 214 Å². The Morgan fingerprint density at radius 1 is 1.05 bits per heavy atom. The second-order valence-electron chi connectivity index (χ2n) is 9.62. The molecule has 0 aliphatic carbocycles. The molecule has 1 fully saturated rings. The summed E-state index contributed by atoms with van der Waals surface area (Å²) in [4.78, 5) is 19.4. The van der Waals surface area contributed by atoms with Crippen molar-refractivity contribution in [1.82, 2.24) is 39.8 Å². The van der Waals surface area contributed by atoms with Crippen LogP contribution in [0.25, 0.3) is 22.7 Å². The van der Waals surface area contributed by atoms with Crippen LogP contribution in [0.5, 0.6) is 0 Å². The van der Waals surface area contributed by atoms with Gasteiger partial charge in [-0.1, -0.05) is 25.1 Å². The van der Waals surface area contributed by atoms with E-state index in [0.29, 0.717) is 50.1 Å². The first-order valence-electron chi connectivity index (χ1n) is 12.3. The number of pyridine rings is 1. The van der Waals surface area contributed by atoms with E-state index < -0.39 is 11.6 Å². The third kappa shape index (κ3) is 5.08. The van der Waals surface area contributed by atoms with Crippen molar-refractivity contribution in [1.29, 1.82) is 0 Å². The lowest BCUT2D eigenvalue weighted by Gasteiger charge is -2.30. The minimum absolute atomic E-state index is 0.150. The van der Waals surface area contributed by atoms with E-state index in [4.69, 9.17) is 20.0 Å². The molecule has 1 aliphatic rings. The molecule has 37 heavy (non-hydrogen) atoms. The fourth-order valence-electron chi connectivity index (χ4n) is 4.35. The number of hydrogen-bond donors (Lipinski definition) is 2. The predicted octanol–water partition coefficient (Wildman–Crippen LogP) is 1.98. The number of aromatic nitrogens is 7. The molecule has 0 spiro atoms. The normalized spacial score (nSPS) is 17.1. The monoisotopic (exact) mass is 505 g/mol. The third-order valence-corrected chi connectivity index (χ3v) is 7.07. The number of aliphatic hydroxyl groups excluding tert-OH is 1. The lowest BCUT2D eigenvalue weighted by molar-refractivity contribution is -0.0664. The minimum atomic E-state index is -0.644. The van der Waals surface area contributed by atoms with Crippen LogP contribution in [-0.4, -0.2) is 77.4 Å². The van der Waals surface area contributed by atoms with E-state index in [1.165, 1.54) is 0 Å². The van der Waals surface area contributed by atoms with Gasteiger partial charge in [0.15, 0.2) is 5.82 Å². The van der Waals surface area contributed by atoms with Crippen molar-refractivity contribution in [2.75, 3.05) is 32.0 Å². The van der Waals surface area contributed by atoms with Gasteiger partial charge in [0.05, 0.1) is 42.6 Å². The summed E-state index contributed by atoms with van der Waals surface area (Å²) in [5.74, 6) is 1.30. The van der Waals surface area contributed by atoms with Crippen LogP contribution in [0.3, 0.4) is 0 Å². The number of aliphatic hydroxyl groups is 1. The van der Waals surface area contributed by atoms with Crippen molar-refractivity contribution in [2.45, 2.75) is 39.0 Å². The van der Waals surface area contributed by atoms with Crippen molar-refractivity contribution < 1.29 is 14.4 Å². The molecule has 12 heteroatoms. The first kappa shape index (κ1) is 24.9. The second-order valence-corrected chi connectivity index (χ2v) is 9.62. The minimum Gasteiger partial charge on any atom is -0.379 e. The first-order valence-corrected chi connectivity index (χ1v) is 12.3.